The summed E-state index contributed by atoms with van der Waals surface area (Å²) in [5.74, 6) is -0.702. The fourth-order valence-corrected chi connectivity index (χ4v) is 5.49. The number of hydrogen-bond donors (Lipinski definition) is 2. The topological polar surface area (TPSA) is 110 Å². The van der Waals surface area contributed by atoms with Crippen molar-refractivity contribution in [3.8, 4) is 17.6 Å². The Labute approximate surface area is 247 Å². The minimum absolute atomic E-state index is 0.0330. The van der Waals surface area contributed by atoms with Gasteiger partial charge >= 0.3 is 5.97 Å². The molecule has 8 nitrogen and oxygen atoms in total. The Balaban J connectivity index is 1.74. The van der Waals surface area contributed by atoms with Gasteiger partial charge in [0.2, 0.25) is 5.91 Å². The third kappa shape index (κ3) is 6.68. The van der Waals surface area contributed by atoms with Crippen LogP contribution in [0, 0.1) is 11.3 Å². The summed E-state index contributed by atoms with van der Waals surface area (Å²) >= 11 is 7.76. The second-order valence-corrected chi connectivity index (χ2v) is 10.1. The summed E-state index contributed by atoms with van der Waals surface area (Å²) in [5.41, 5.74) is 2.77. The number of esters is 1. The van der Waals surface area contributed by atoms with Gasteiger partial charge in [0, 0.05) is 11.1 Å². The van der Waals surface area contributed by atoms with Gasteiger partial charge in [-0.3, -0.25) is 4.79 Å². The lowest BCUT2D eigenvalue weighted by Gasteiger charge is -2.31. The number of nitrogens with zero attached hydrogens (tertiary/aromatic N) is 1. The Kier molecular flexibility index (Phi) is 9.95. The fraction of sp³-hybridized carbons (Fsp3) is 0.194. The van der Waals surface area contributed by atoms with Gasteiger partial charge in [-0.15, -0.1) is 0 Å². The number of carbonyl (C=O) groups is 2. The van der Waals surface area contributed by atoms with E-state index < -0.39 is 11.9 Å². The molecule has 1 atom stereocenters. The van der Waals surface area contributed by atoms with Gasteiger partial charge in [-0.2, -0.15) is 5.26 Å². The zero-order valence-electron chi connectivity index (χ0n) is 22.7. The van der Waals surface area contributed by atoms with Crippen molar-refractivity contribution in [1.29, 1.82) is 5.26 Å². The van der Waals surface area contributed by atoms with Crippen molar-refractivity contribution in [1.82, 2.24) is 5.32 Å². The van der Waals surface area contributed by atoms with Gasteiger partial charge in [-0.25, -0.2) is 4.79 Å². The van der Waals surface area contributed by atoms with Gasteiger partial charge < -0.3 is 24.8 Å². The molecule has 0 unspecified atom stereocenters. The molecule has 1 aliphatic rings. The predicted molar refractivity (Wildman–Crippen MR) is 161 cm³/mol. The number of carbonyl (C=O) groups excluding carboxylic acids is 2. The summed E-state index contributed by atoms with van der Waals surface area (Å²) < 4.78 is 16.1. The van der Waals surface area contributed by atoms with E-state index in [4.69, 9.17) is 25.8 Å². The van der Waals surface area contributed by atoms with E-state index in [-0.39, 0.29) is 29.4 Å². The number of methoxy groups -OCH3 is 2. The lowest BCUT2D eigenvalue weighted by Crippen LogP contribution is -2.30. The molecule has 0 spiro atoms. The molecule has 0 aromatic heterocycles. The minimum Gasteiger partial charge on any atom is -0.497 e. The molecule has 4 rings (SSSR count). The van der Waals surface area contributed by atoms with Crippen LogP contribution in [-0.2, 0) is 14.3 Å². The molecule has 10 heteroatoms. The highest BCUT2D eigenvalue weighted by Crippen LogP contribution is 2.45. The first-order valence-corrected chi connectivity index (χ1v) is 14.0. The molecule has 2 N–H and O–H groups in total. The molecule has 1 heterocycles. The van der Waals surface area contributed by atoms with Crippen LogP contribution in [0.15, 0.2) is 89.0 Å². The van der Waals surface area contributed by atoms with E-state index in [9.17, 15) is 14.9 Å². The van der Waals surface area contributed by atoms with E-state index in [1.807, 2.05) is 30.3 Å². The predicted octanol–water partition coefficient (Wildman–Crippen LogP) is 6.13. The smallest absolute Gasteiger partial charge is 0.337 e. The SMILES string of the molecule is CCOC(=O)C1=C(c2ccccc2)NC(SCC(=O)Nc2ccc(OC)cc2OC)=C(C#N)[C@@H]1c1ccccc1Cl. The van der Waals surface area contributed by atoms with Crippen LogP contribution in [-0.4, -0.2) is 38.5 Å². The first-order chi connectivity index (χ1) is 19.9. The van der Waals surface area contributed by atoms with Crippen molar-refractivity contribution in [3.63, 3.8) is 0 Å². The number of rotatable bonds is 10. The van der Waals surface area contributed by atoms with E-state index >= 15 is 0 Å². The second-order valence-electron chi connectivity index (χ2n) is 8.71. The number of benzene rings is 3. The number of halogens is 1. The lowest BCUT2D eigenvalue weighted by molar-refractivity contribution is -0.138. The molecule has 3 aromatic rings. The fourth-order valence-electron chi connectivity index (χ4n) is 4.40. The average molecular weight is 590 g/mol. The van der Waals surface area contributed by atoms with Crippen LogP contribution in [0.25, 0.3) is 5.70 Å². The molecule has 1 amide bonds. The summed E-state index contributed by atoms with van der Waals surface area (Å²) in [5, 5.41) is 17.3. The quantitative estimate of drug-likeness (QED) is 0.272. The number of thioether (sulfide) groups is 1. The first kappa shape index (κ1) is 29.6. The van der Waals surface area contributed by atoms with Crippen LogP contribution in [0.4, 0.5) is 5.69 Å². The normalized spacial score (nSPS) is 14.6. The highest BCUT2D eigenvalue weighted by Gasteiger charge is 2.38. The van der Waals surface area contributed by atoms with Gasteiger partial charge in [0.25, 0.3) is 0 Å². The van der Waals surface area contributed by atoms with Gasteiger partial charge in [0.15, 0.2) is 0 Å². The number of nitriles is 1. The zero-order valence-corrected chi connectivity index (χ0v) is 24.3. The molecule has 210 valence electrons. The lowest BCUT2D eigenvalue weighted by atomic mass is 9.81. The standard InChI is InChI=1S/C31H28ClN3O5S/c1-4-40-31(37)28-27(21-12-8-9-13-23(21)32)22(17-33)30(35-29(28)19-10-6-5-7-11-19)41-18-26(36)34-24-15-14-20(38-2)16-25(24)39-3/h5-16,27,35H,4,18H2,1-3H3,(H,34,36)/t27-/m0/s1. The van der Waals surface area contributed by atoms with Crippen molar-refractivity contribution in [3.05, 3.63) is 105 Å². The molecule has 0 saturated carbocycles. The monoisotopic (exact) mass is 589 g/mol. The van der Waals surface area contributed by atoms with Crippen molar-refractivity contribution < 1.29 is 23.8 Å². The maximum absolute atomic E-state index is 13.4. The maximum Gasteiger partial charge on any atom is 0.337 e. The maximum atomic E-state index is 13.4. The molecule has 0 saturated heterocycles. The van der Waals surface area contributed by atoms with Crippen molar-refractivity contribution in [2.24, 2.45) is 0 Å². The van der Waals surface area contributed by atoms with Crippen LogP contribution in [0.2, 0.25) is 5.02 Å². The number of amides is 1. The second kappa shape index (κ2) is 13.8. The summed E-state index contributed by atoms with van der Waals surface area (Å²) in [6, 6.07) is 23.7. The highest BCUT2D eigenvalue weighted by atomic mass is 35.5. The Morgan fingerprint density at radius 2 is 1.78 bits per heavy atom. The first-order valence-electron chi connectivity index (χ1n) is 12.7. The number of dihydropyridines is 1. The average Bonchev–Trinajstić information content (AvgIpc) is 3.00. The van der Waals surface area contributed by atoms with Crippen molar-refractivity contribution in [2.75, 3.05) is 31.9 Å². The molecular weight excluding hydrogens is 562 g/mol. The van der Waals surface area contributed by atoms with Crippen LogP contribution < -0.4 is 20.1 Å². The third-order valence-corrected chi connectivity index (χ3v) is 7.62. The largest absolute Gasteiger partial charge is 0.497 e. The Hall–Kier alpha value is -4.39. The zero-order chi connectivity index (χ0) is 29.4. The number of allylic oxidation sites excluding steroid dienone is 1. The molecule has 1 aliphatic heterocycles. The van der Waals surface area contributed by atoms with E-state index in [1.54, 1.807) is 56.5 Å². The highest BCUT2D eigenvalue weighted by molar-refractivity contribution is 8.03. The van der Waals surface area contributed by atoms with E-state index in [2.05, 4.69) is 16.7 Å². The molecule has 3 aromatic carbocycles. The third-order valence-electron chi connectivity index (χ3n) is 6.25. The number of anilines is 1. The van der Waals surface area contributed by atoms with E-state index in [0.29, 0.717) is 38.5 Å². The summed E-state index contributed by atoms with van der Waals surface area (Å²) in [4.78, 5) is 26.5. The summed E-state index contributed by atoms with van der Waals surface area (Å²) in [6.45, 7) is 1.88. The molecule has 0 fully saturated rings. The number of ether oxygens (including phenoxy) is 3. The van der Waals surface area contributed by atoms with Crippen LogP contribution >= 0.6 is 23.4 Å². The minimum atomic E-state index is -0.823. The van der Waals surface area contributed by atoms with Gasteiger partial charge in [0.05, 0.1) is 66.1 Å². The van der Waals surface area contributed by atoms with Crippen LogP contribution in [0.3, 0.4) is 0 Å². The summed E-state index contributed by atoms with van der Waals surface area (Å²) in [7, 11) is 3.05. The molecule has 0 aliphatic carbocycles. The number of nitrogens with one attached hydrogen (secondary N) is 2. The van der Waals surface area contributed by atoms with Crippen molar-refractivity contribution in [2.45, 2.75) is 12.8 Å². The molecule has 0 bridgehead atoms. The van der Waals surface area contributed by atoms with Crippen molar-refractivity contribution >= 4 is 46.6 Å². The van der Waals surface area contributed by atoms with Gasteiger partial charge in [0.1, 0.15) is 11.5 Å². The van der Waals surface area contributed by atoms with Gasteiger partial charge in [-0.1, -0.05) is 71.9 Å². The van der Waals surface area contributed by atoms with Crippen LogP contribution in [0.1, 0.15) is 24.0 Å². The molecule has 0 radical (unpaired) electrons. The van der Waals surface area contributed by atoms with E-state index in [1.165, 1.54) is 7.11 Å². The molecular formula is C31H28ClN3O5S. The van der Waals surface area contributed by atoms with Crippen LogP contribution in [0.5, 0.6) is 11.5 Å². The Morgan fingerprint density at radius 3 is 2.44 bits per heavy atom. The summed E-state index contributed by atoms with van der Waals surface area (Å²) in [6.07, 6.45) is 0. The molecule has 41 heavy (non-hydrogen) atoms. The van der Waals surface area contributed by atoms with E-state index in [0.717, 1.165) is 17.3 Å². The Bertz CT molecular complexity index is 1550. The number of hydrogen-bond acceptors (Lipinski definition) is 8. The Morgan fingerprint density at radius 1 is 1.05 bits per heavy atom. The van der Waals surface area contributed by atoms with Gasteiger partial charge in [-0.05, 0) is 36.2 Å².